The second-order valence-corrected chi connectivity index (χ2v) is 5.26. The van der Waals surface area contributed by atoms with E-state index in [1.807, 2.05) is 18.7 Å². The quantitative estimate of drug-likeness (QED) is 0.861. The van der Waals surface area contributed by atoms with Gasteiger partial charge in [0.25, 0.3) is 0 Å². The van der Waals surface area contributed by atoms with E-state index in [2.05, 4.69) is 34.2 Å². The van der Waals surface area contributed by atoms with Gasteiger partial charge in [-0.25, -0.2) is 9.97 Å². The van der Waals surface area contributed by atoms with Gasteiger partial charge >= 0.3 is 0 Å². The third-order valence-electron chi connectivity index (χ3n) is 3.32. The molecule has 0 amide bonds. The summed E-state index contributed by atoms with van der Waals surface area (Å²) in [5.41, 5.74) is 3.38. The molecule has 2 heterocycles. The molecule has 1 N–H and O–H groups in total. The maximum atomic E-state index is 6.03. The average molecular weight is 294 g/mol. The Bertz CT molecular complexity index is 606. The van der Waals surface area contributed by atoms with Crippen LogP contribution < -0.4 is 5.32 Å². The van der Waals surface area contributed by atoms with Crippen molar-refractivity contribution in [3.8, 4) is 0 Å². The van der Waals surface area contributed by atoms with Crippen LogP contribution in [-0.4, -0.2) is 19.7 Å². The number of nitrogens with one attached hydrogen (secondary N) is 1. The monoisotopic (exact) mass is 293 g/mol. The number of aryl methyl sites for hydroxylation is 3. The first kappa shape index (κ1) is 14.8. The van der Waals surface area contributed by atoms with Gasteiger partial charge in [0.15, 0.2) is 0 Å². The molecule has 0 atom stereocenters. The number of hydrogen-bond donors (Lipinski definition) is 1. The molecule has 0 spiro atoms. The highest BCUT2D eigenvalue weighted by Gasteiger charge is 2.10. The van der Waals surface area contributed by atoms with E-state index in [1.54, 1.807) is 6.07 Å². The van der Waals surface area contributed by atoms with Crippen LogP contribution in [0.2, 0.25) is 5.15 Å². The molecule has 2 aromatic heterocycles. The summed E-state index contributed by atoms with van der Waals surface area (Å²) >= 11 is 6.03. The molecule has 0 aliphatic rings. The van der Waals surface area contributed by atoms with Crippen LogP contribution in [0.1, 0.15) is 36.1 Å². The van der Waals surface area contributed by atoms with Crippen LogP contribution in [0, 0.1) is 13.8 Å². The van der Waals surface area contributed by atoms with Crippen LogP contribution in [0.4, 0.5) is 5.82 Å². The Morgan fingerprint density at radius 2 is 2.05 bits per heavy atom. The van der Waals surface area contributed by atoms with E-state index in [0.717, 1.165) is 35.9 Å². The largest absolute Gasteiger partial charge is 0.366 e. The van der Waals surface area contributed by atoms with Crippen molar-refractivity contribution in [1.82, 2.24) is 19.7 Å². The number of rotatable bonds is 5. The minimum absolute atomic E-state index is 0.477. The summed E-state index contributed by atoms with van der Waals surface area (Å²) in [4.78, 5) is 8.69. The smallest absolute Gasteiger partial charge is 0.134 e. The maximum Gasteiger partial charge on any atom is 0.134 e. The van der Waals surface area contributed by atoms with Crippen LogP contribution in [0.3, 0.4) is 0 Å². The molecule has 0 saturated heterocycles. The summed E-state index contributed by atoms with van der Waals surface area (Å²) in [5.74, 6) is 1.54. The highest BCUT2D eigenvalue weighted by atomic mass is 35.5. The summed E-state index contributed by atoms with van der Waals surface area (Å²) in [5, 5.41) is 8.19. The minimum Gasteiger partial charge on any atom is -0.366 e. The van der Waals surface area contributed by atoms with Gasteiger partial charge in [-0.1, -0.05) is 18.5 Å². The highest BCUT2D eigenvalue weighted by molar-refractivity contribution is 6.29. The molecule has 0 radical (unpaired) electrons. The van der Waals surface area contributed by atoms with E-state index in [1.165, 1.54) is 5.56 Å². The van der Waals surface area contributed by atoms with Crippen molar-refractivity contribution in [3.63, 3.8) is 0 Å². The molecule has 0 saturated carbocycles. The predicted octanol–water partition coefficient (Wildman–Crippen LogP) is 3.04. The van der Waals surface area contributed by atoms with Gasteiger partial charge in [-0.05, 0) is 20.3 Å². The zero-order chi connectivity index (χ0) is 14.7. The van der Waals surface area contributed by atoms with E-state index in [-0.39, 0.29) is 0 Å². The molecule has 0 aromatic carbocycles. The fraction of sp³-hybridized carbons (Fsp3) is 0.500. The molecule has 5 nitrogen and oxygen atoms in total. The zero-order valence-electron chi connectivity index (χ0n) is 12.4. The first-order valence-corrected chi connectivity index (χ1v) is 7.15. The van der Waals surface area contributed by atoms with Crippen molar-refractivity contribution in [2.75, 3.05) is 5.32 Å². The number of nitrogens with zero attached hydrogens (tertiary/aromatic N) is 4. The fourth-order valence-electron chi connectivity index (χ4n) is 2.14. The van der Waals surface area contributed by atoms with Gasteiger partial charge in [-0.3, -0.25) is 4.68 Å². The van der Waals surface area contributed by atoms with Gasteiger partial charge in [-0.2, -0.15) is 5.10 Å². The molecule has 0 unspecified atom stereocenters. The van der Waals surface area contributed by atoms with Crippen LogP contribution >= 0.6 is 11.6 Å². The maximum absolute atomic E-state index is 6.03. The third-order valence-corrected chi connectivity index (χ3v) is 3.51. The molecule has 108 valence electrons. The van der Waals surface area contributed by atoms with Gasteiger partial charge in [0.05, 0.1) is 5.69 Å². The minimum atomic E-state index is 0.477. The van der Waals surface area contributed by atoms with E-state index >= 15 is 0 Å². The van der Waals surface area contributed by atoms with Crippen molar-refractivity contribution in [2.45, 2.75) is 40.2 Å². The topological polar surface area (TPSA) is 55.6 Å². The molecule has 2 rings (SSSR count). The van der Waals surface area contributed by atoms with Crippen molar-refractivity contribution < 1.29 is 0 Å². The first-order chi connectivity index (χ1) is 9.51. The van der Waals surface area contributed by atoms with Crippen LogP contribution in [0.25, 0.3) is 0 Å². The zero-order valence-corrected chi connectivity index (χ0v) is 13.1. The lowest BCUT2D eigenvalue weighted by Crippen LogP contribution is -2.06. The molecule has 0 aliphatic heterocycles. The first-order valence-electron chi connectivity index (χ1n) is 6.77. The van der Waals surface area contributed by atoms with Gasteiger partial charge in [0.2, 0.25) is 0 Å². The average Bonchev–Trinajstić information content (AvgIpc) is 2.61. The molecular weight excluding hydrogens is 274 g/mol. The third kappa shape index (κ3) is 3.28. The molecule has 2 aromatic rings. The van der Waals surface area contributed by atoms with Gasteiger partial charge < -0.3 is 5.32 Å². The summed E-state index contributed by atoms with van der Waals surface area (Å²) in [6.45, 7) is 6.86. The standard InChI is InChI=1S/C14H20ClN5/c1-5-6-13-17-12(15)7-14(18-13)16-8-11-9(2)19-20(4)10(11)3/h7H,5-6,8H2,1-4H3,(H,16,17,18). The Morgan fingerprint density at radius 1 is 1.30 bits per heavy atom. The van der Waals surface area contributed by atoms with Crippen molar-refractivity contribution in [2.24, 2.45) is 7.05 Å². The summed E-state index contributed by atoms with van der Waals surface area (Å²) in [6.07, 6.45) is 1.83. The van der Waals surface area contributed by atoms with Crippen LogP contribution in [0.15, 0.2) is 6.07 Å². The summed E-state index contributed by atoms with van der Waals surface area (Å²) in [7, 11) is 1.95. The molecule has 0 bridgehead atoms. The highest BCUT2D eigenvalue weighted by Crippen LogP contribution is 2.16. The molecular formula is C14H20ClN5. The molecule has 0 aliphatic carbocycles. The van der Waals surface area contributed by atoms with Crippen molar-refractivity contribution in [3.05, 3.63) is 34.0 Å². The molecule has 0 fully saturated rings. The van der Waals surface area contributed by atoms with Crippen molar-refractivity contribution >= 4 is 17.4 Å². The van der Waals surface area contributed by atoms with E-state index in [9.17, 15) is 0 Å². The Labute approximate surface area is 124 Å². The second-order valence-electron chi connectivity index (χ2n) is 4.87. The fourth-order valence-corrected chi connectivity index (χ4v) is 2.34. The lowest BCUT2D eigenvalue weighted by molar-refractivity contribution is 0.730. The summed E-state index contributed by atoms with van der Waals surface area (Å²) in [6, 6.07) is 1.75. The van der Waals surface area contributed by atoms with Gasteiger partial charge in [0, 0.05) is 37.3 Å². The van der Waals surface area contributed by atoms with Crippen LogP contribution in [-0.2, 0) is 20.0 Å². The Hall–Kier alpha value is -1.62. The SMILES string of the molecule is CCCc1nc(Cl)cc(NCc2c(C)nn(C)c2C)n1. The molecule has 6 heteroatoms. The lowest BCUT2D eigenvalue weighted by atomic mass is 10.2. The van der Waals surface area contributed by atoms with E-state index in [4.69, 9.17) is 11.6 Å². The van der Waals surface area contributed by atoms with E-state index < -0.39 is 0 Å². The number of hydrogen-bond acceptors (Lipinski definition) is 4. The van der Waals surface area contributed by atoms with Gasteiger partial charge in [0.1, 0.15) is 16.8 Å². The Kier molecular flexibility index (Phi) is 4.60. The predicted molar refractivity (Wildman–Crippen MR) is 81.0 cm³/mol. The van der Waals surface area contributed by atoms with Gasteiger partial charge in [-0.15, -0.1) is 0 Å². The number of anilines is 1. The molecule has 20 heavy (non-hydrogen) atoms. The van der Waals surface area contributed by atoms with Crippen molar-refractivity contribution in [1.29, 1.82) is 0 Å². The van der Waals surface area contributed by atoms with E-state index in [0.29, 0.717) is 11.7 Å². The lowest BCUT2D eigenvalue weighted by Gasteiger charge is -2.08. The normalized spacial score (nSPS) is 10.8. The number of halogens is 1. The number of aromatic nitrogens is 4. The summed E-state index contributed by atoms with van der Waals surface area (Å²) < 4.78 is 1.89. The Morgan fingerprint density at radius 3 is 2.65 bits per heavy atom. The van der Waals surface area contributed by atoms with Crippen LogP contribution in [0.5, 0.6) is 0 Å². The Balaban J connectivity index is 2.14. The second kappa shape index (κ2) is 6.22.